The number of anilines is 1. The highest BCUT2D eigenvalue weighted by Gasteiger charge is 2.07. The molecule has 19 heavy (non-hydrogen) atoms. The molecule has 0 saturated carbocycles. The normalized spacial score (nSPS) is 10.5. The van der Waals surface area contributed by atoms with Crippen LogP contribution in [0, 0.1) is 0 Å². The Balaban J connectivity index is 2.25. The predicted octanol–water partition coefficient (Wildman–Crippen LogP) is 4.51. The Hall–Kier alpha value is -1.42. The number of halogens is 2. The molecule has 100 valence electrons. The second-order valence-corrected chi connectivity index (χ2v) is 4.80. The average Bonchev–Trinajstić information content (AvgIpc) is 2.37. The number of hydrogen-bond donors (Lipinski definition) is 1. The Morgan fingerprint density at radius 2 is 1.84 bits per heavy atom. The van der Waals surface area contributed by atoms with Crippen LogP contribution in [0.5, 0.6) is 11.5 Å². The van der Waals surface area contributed by atoms with E-state index in [1.807, 2.05) is 24.3 Å². The molecule has 0 aromatic heterocycles. The third-order valence-electron chi connectivity index (χ3n) is 2.49. The molecule has 0 unspecified atom stereocenters. The predicted molar refractivity (Wildman–Crippen MR) is 78.1 cm³/mol. The van der Waals surface area contributed by atoms with E-state index in [1.165, 1.54) is 0 Å². The highest BCUT2D eigenvalue weighted by molar-refractivity contribution is 6.42. The molecule has 0 bridgehead atoms. The highest BCUT2D eigenvalue weighted by Crippen LogP contribution is 2.35. The largest absolute Gasteiger partial charge is 0.455 e. The van der Waals surface area contributed by atoms with Crippen LogP contribution >= 0.6 is 23.2 Å². The Kier molecular flexibility index (Phi) is 4.53. The van der Waals surface area contributed by atoms with Crippen LogP contribution in [0.4, 0.5) is 5.69 Å². The summed E-state index contributed by atoms with van der Waals surface area (Å²) in [5.41, 5.74) is 7.29. The van der Waals surface area contributed by atoms with Crippen molar-refractivity contribution in [1.29, 1.82) is 0 Å². The average molecular weight is 298 g/mol. The van der Waals surface area contributed by atoms with Crippen molar-refractivity contribution in [2.24, 2.45) is 0 Å². The second kappa shape index (κ2) is 6.15. The van der Waals surface area contributed by atoms with Crippen molar-refractivity contribution in [1.82, 2.24) is 0 Å². The first kappa shape index (κ1) is 14.0. The van der Waals surface area contributed by atoms with Gasteiger partial charge in [-0.15, -0.1) is 0 Å². The van der Waals surface area contributed by atoms with Gasteiger partial charge in [0.2, 0.25) is 0 Å². The summed E-state index contributed by atoms with van der Waals surface area (Å²) in [5.74, 6) is 1.14. The van der Waals surface area contributed by atoms with Gasteiger partial charge in [-0.2, -0.15) is 0 Å². The smallest absolute Gasteiger partial charge is 0.151 e. The summed E-state index contributed by atoms with van der Waals surface area (Å²) in [6, 6.07) is 10.7. The topological polar surface area (TPSA) is 44.5 Å². The van der Waals surface area contributed by atoms with Gasteiger partial charge in [-0.25, -0.2) is 0 Å². The first-order valence-corrected chi connectivity index (χ1v) is 6.36. The zero-order valence-electron chi connectivity index (χ0n) is 10.3. The zero-order chi connectivity index (χ0) is 13.8. The molecule has 0 aliphatic carbocycles. The third-order valence-corrected chi connectivity index (χ3v) is 3.21. The third kappa shape index (κ3) is 3.53. The summed E-state index contributed by atoms with van der Waals surface area (Å²) in [5, 5.41) is 0.804. The van der Waals surface area contributed by atoms with E-state index in [9.17, 15) is 0 Å². The van der Waals surface area contributed by atoms with Gasteiger partial charge in [0.1, 0.15) is 5.75 Å². The molecule has 0 heterocycles. The quantitative estimate of drug-likeness (QED) is 0.844. The van der Waals surface area contributed by atoms with Crippen molar-refractivity contribution in [3.8, 4) is 11.5 Å². The van der Waals surface area contributed by atoms with Gasteiger partial charge in [0.05, 0.1) is 22.3 Å². The van der Waals surface area contributed by atoms with E-state index in [0.29, 0.717) is 33.8 Å². The van der Waals surface area contributed by atoms with Gasteiger partial charge in [0.25, 0.3) is 0 Å². The maximum absolute atomic E-state index is 5.95. The fourth-order valence-corrected chi connectivity index (χ4v) is 1.95. The van der Waals surface area contributed by atoms with Gasteiger partial charge in [-0.1, -0.05) is 35.3 Å². The molecule has 0 aliphatic rings. The van der Waals surface area contributed by atoms with Gasteiger partial charge in [0, 0.05) is 13.2 Å². The monoisotopic (exact) mass is 297 g/mol. The fraction of sp³-hybridized carbons (Fsp3) is 0.143. The van der Waals surface area contributed by atoms with Crippen LogP contribution in [0.1, 0.15) is 5.56 Å². The van der Waals surface area contributed by atoms with Gasteiger partial charge >= 0.3 is 0 Å². The number of rotatable bonds is 4. The maximum atomic E-state index is 5.95. The minimum Gasteiger partial charge on any atom is -0.455 e. The van der Waals surface area contributed by atoms with Crippen molar-refractivity contribution in [3.05, 3.63) is 52.0 Å². The van der Waals surface area contributed by atoms with Gasteiger partial charge in [-0.05, 0) is 23.8 Å². The second-order valence-electron chi connectivity index (χ2n) is 3.99. The lowest BCUT2D eigenvalue weighted by atomic mass is 10.2. The fourth-order valence-electron chi connectivity index (χ4n) is 1.62. The van der Waals surface area contributed by atoms with E-state index in [1.54, 1.807) is 19.2 Å². The van der Waals surface area contributed by atoms with E-state index in [2.05, 4.69) is 0 Å². The number of ether oxygens (including phenoxy) is 2. The minimum atomic E-state index is 0.402. The number of nitrogens with two attached hydrogens (primary N) is 1. The summed E-state index contributed by atoms with van der Waals surface area (Å²) < 4.78 is 10.8. The van der Waals surface area contributed by atoms with Crippen LogP contribution < -0.4 is 10.5 Å². The summed E-state index contributed by atoms with van der Waals surface area (Å²) in [6.07, 6.45) is 0. The van der Waals surface area contributed by atoms with Crippen LogP contribution in [-0.2, 0) is 11.3 Å². The van der Waals surface area contributed by atoms with E-state index in [0.717, 1.165) is 5.56 Å². The van der Waals surface area contributed by atoms with Crippen LogP contribution in [0.25, 0.3) is 0 Å². The molecule has 0 aliphatic heterocycles. The van der Waals surface area contributed by atoms with E-state index in [-0.39, 0.29) is 0 Å². The summed E-state index contributed by atoms with van der Waals surface area (Å²) in [4.78, 5) is 0. The van der Waals surface area contributed by atoms with Crippen LogP contribution in [0.15, 0.2) is 36.4 Å². The molecule has 0 spiro atoms. The maximum Gasteiger partial charge on any atom is 0.151 e. The summed E-state index contributed by atoms with van der Waals surface area (Å²) in [7, 11) is 1.64. The molecule has 0 amide bonds. The first-order valence-electron chi connectivity index (χ1n) is 5.60. The molecule has 0 radical (unpaired) electrons. The van der Waals surface area contributed by atoms with E-state index in [4.69, 9.17) is 38.4 Å². The zero-order valence-corrected chi connectivity index (χ0v) is 11.8. The number of benzene rings is 2. The number of nitrogen functional groups attached to an aromatic ring is 1. The summed E-state index contributed by atoms with van der Waals surface area (Å²) >= 11 is 11.8. The van der Waals surface area contributed by atoms with Crippen molar-refractivity contribution < 1.29 is 9.47 Å². The first-order chi connectivity index (χ1) is 9.10. The molecule has 0 fully saturated rings. The van der Waals surface area contributed by atoms with Crippen molar-refractivity contribution in [3.63, 3.8) is 0 Å². The Morgan fingerprint density at radius 3 is 2.58 bits per heavy atom. The SMILES string of the molecule is COCc1cccc(Oc2cc(Cl)c(Cl)cc2N)c1. The lowest BCUT2D eigenvalue weighted by Crippen LogP contribution is -1.94. The highest BCUT2D eigenvalue weighted by atomic mass is 35.5. The van der Waals surface area contributed by atoms with Crippen molar-refractivity contribution >= 4 is 28.9 Å². The molecular weight excluding hydrogens is 285 g/mol. The molecular formula is C14H13Cl2NO2. The standard InChI is InChI=1S/C14H13Cl2NO2/c1-18-8-9-3-2-4-10(5-9)19-14-7-12(16)11(15)6-13(14)17/h2-7H,8,17H2,1H3. The minimum absolute atomic E-state index is 0.402. The molecule has 3 nitrogen and oxygen atoms in total. The van der Waals surface area contributed by atoms with E-state index >= 15 is 0 Å². The van der Waals surface area contributed by atoms with Gasteiger partial charge < -0.3 is 15.2 Å². The lowest BCUT2D eigenvalue weighted by Gasteiger charge is -2.10. The summed E-state index contributed by atoms with van der Waals surface area (Å²) in [6.45, 7) is 0.522. The van der Waals surface area contributed by atoms with Crippen LogP contribution in [-0.4, -0.2) is 7.11 Å². The molecule has 2 rings (SSSR count). The Labute approximate surface area is 121 Å². The molecule has 2 aromatic carbocycles. The van der Waals surface area contributed by atoms with Crippen LogP contribution in [0.2, 0.25) is 10.0 Å². The lowest BCUT2D eigenvalue weighted by molar-refractivity contribution is 0.184. The molecule has 2 N–H and O–H groups in total. The molecule has 5 heteroatoms. The molecule has 0 saturated heterocycles. The molecule has 2 aromatic rings. The van der Waals surface area contributed by atoms with Gasteiger partial charge in [-0.3, -0.25) is 0 Å². The van der Waals surface area contributed by atoms with E-state index < -0.39 is 0 Å². The van der Waals surface area contributed by atoms with Crippen molar-refractivity contribution in [2.75, 3.05) is 12.8 Å². The Morgan fingerprint density at radius 1 is 1.11 bits per heavy atom. The Bertz CT molecular complexity index is 588. The number of hydrogen-bond acceptors (Lipinski definition) is 3. The van der Waals surface area contributed by atoms with Gasteiger partial charge in [0.15, 0.2) is 5.75 Å². The number of methoxy groups -OCH3 is 1. The van der Waals surface area contributed by atoms with Crippen molar-refractivity contribution in [2.45, 2.75) is 6.61 Å². The van der Waals surface area contributed by atoms with Crippen LogP contribution in [0.3, 0.4) is 0 Å². The molecule has 0 atom stereocenters.